The fourth-order valence-corrected chi connectivity index (χ4v) is 1.69. The molecule has 0 atom stereocenters. The minimum Gasteiger partial charge on any atom is -0.464 e. The van der Waals surface area contributed by atoms with E-state index < -0.39 is 11.7 Å². The van der Waals surface area contributed by atoms with E-state index in [9.17, 15) is 9.59 Å². The van der Waals surface area contributed by atoms with Crippen LogP contribution in [0.15, 0.2) is 24.3 Å². The average molecular weight is 323 g/mol. The maximum absolute atomic E-state index is 11.4. The highest BCUT2D eigenvalue weighted by molar-refractivity contribution is 5.87. The van der Waals surface area contributed by atoms with E-state index in [1.54, 1.807) is 6.07 Å². The Labute approximate surface area is 136 Å². The number of aromatic nitrogens is 1. The molecule has 0 spiro atoms. The van der Waals surface area contributed by atoms with E-state index in [1.807, 2.05) is 39.0 Å². The lowest BCUT2D eigenvalue weighted by Crippen LogP contribution is -2.32. The van der Waals surface area contributed by atoms with Crippen LogP contribution in [0.3, 0.4) is 0 Å². The standard InChI is InChI=1S/C16H25N3O4/c1-16(2,3)23-15(21)18-10-6-5-9-17-11-12-7-8-13(19-12)14(20)22-4/h5-8,17,19H,9-11H2,1-4H3,(H,18,21)/b6-5+. The molecule has 0 aliphatic heterocycles. The minimum atomic E-state index is -0.492. The number of hydrogen-bond acceptors (Lipinski definition) is 5. The zero-order chi connectivity index (χ0) is 17.3. The number of carbonyl (C=O) groups excluding carboxylic acids is 2. The van der Waals surface area contributed by atoms with Gasteiger partial charge in [0.25, 0.3) is 0 Å². The van der Waals surface area contributed by atoms with Crippen LogP contribution in [-0.4, -0.2) is 42.8 Å². The smallest absolute Gasteiger partial charge is 0.407 e. The zero-order valence-corrected chi connectivity index (χ0v) is 14.1. The first kappa shape index (κ1) is 18.8. The molecule has 0 aliphatic carbocycles. The summed E-state index contributed by atoms with van der Waals surface area (Å²) in [5, 5.41) is 5.82. The Hall–Kier alpha value is -2.28. The Morgan fingerprint density at radius 1 is 1.22 bits per heavy atom. The van der Waals surface area contributed by atoms with Crippen molar-refractivity contribution >= 4 is 12.1 Å². The van der Waals surface area contributed by atoms with E-state index in [0.29, 0.717) is 25.3 Å². The van der Waals surface area contributed by atoms with Crippen LogP contribution in [0.5, 0.6) is 0 Å². The third-order valence-corrected chi connectivity index (χ3v) is 2.66. The largest absolute Gasteiger partial charge is 0.464 e. The van der Waals surface area contributed by atoms with Crippen molar-refractivity contribution in [1.29, 1.82) is 0 Å². The summed E-state index contributed by atoms with van der Waals surface area (Å²) in [5.74, 6) is -0.385. The van der Waals surface area contributed by atoms with Gasteiger partial charge in [-0.25, -0.2) is 9.59 Å². The quantitative estimate of drug-likeness (QED) is 0.405. The van der Waals surface area contributed by atoms with Crippen LogP contribution < -0.4 is 10.6 Å². The highest BCUT2D eigenvalue weighted by atomic mass is 16.6. The van der Waals surface area contributed by atoms with E-state index in [0.717, 1.165) is 5.69 Å². The van der Waals surface area contributed by atoms with Gasteiger partial charge < -0.3 is 25.1 Å². The Bertz CT molecular complexity index is 544. The molecular weight excluding hydrogens is 298 g/mol. The summed E-state index contributed by atoms with van der Waals surface area (Å²) in [4.78, 5) is 25.6. The van der Waals surface area contributed by atoms with Crippen LogP contribution in [0.4, 0.5) is 4.79 Å². The number of carbonyl (C=O) groups is 2. The van der Waals surface area contributed by atoms with Gasteiger partial charge in [0.05, 0.1) is 7.11 Å². The Kier molecular flexibility index (Phi) is 7.34. The first-order valence-corrected chi connectivity index (χ1v) is 7.40. The second kappa shape index (κ2) is 8.99. The number of H-pyrrole nitrogens is 1. The molecule has 7 heteroatoms. The second-order valence-corrected chi connectivity index (χ2v) is 5.87. The number of amides is 1. The second-order valence-electron chi connectivity index (χ2n) is 5.87. The molecule has 1 amide bonds. The van der Waals surface area contributed by atoms with E-state index in [-0.39, 0.29) is 5.97 Å². The molecule has 1 aromatic rings. The normalized spacial score (nSPS) is 11.5. The number of hydrogen-bond donors (Lipinski definition) is 3. The predicted octanol–water partition coefficient (Wildman–Crippen LogP) is 1.97. The lowest BCUT2D eigenvalue weighted by atomic mass is 10.2. The molecule has 0 radical (unpaired) electrons. The number of aromatic amines is 1. The lowest BCUT2D eigenvalue weighted by molar-refractivity contribution is 0.0532. The molecule has 0 fully saturated rings. The molecule has 0 aliphatic rings. The number of ether oxygens (including phenoxy) is 2. The molecule has 0 saturated carbocycles. The van der Waals surface area contributed by atoms with Gasteiger partial charge in [-0.1, -0.05) is 12.2 Å². The van der Waals surface area contributed by atoms with Crippen LogP contribution in [0, 0.1) is 0 Å². The van der Waals surface area contributed by atoms with Gasteiger partial charge in [0.2, 0.25) is 0 Å². The average Bonchev–Trinajstić information content (AvgIpc) is 2.92. The number of alkyl carbamates (subject to hydrolysis) is 1. The molecule has 1 rings (SSSR count). The summed E-state index contributed by atoms with van der Waals surface area (Å²) in [6.45, 7) is 7.10. The molecule has 0 aromatic carbocycles. The monoisotopic (exact) mass is 323 g/mol. The van der Waals surface area contributed by atoms with Crippen LogP contribution >= 0.6 is 0 Å². The number of rotatable bonds is 7. The van der Waals surface area contributed by atoms with Gasteiger partial charge in [0, 0.05) is 25.3 Å². The third-order valence-electron chi connectivity index (χ3n) is 2.66. The van der Waals surface area contributed by atoms with Crippen LogP contribution in [0.25, 0.3) is 0 Å². The van der Waals surface area contributed by atoms with Crippen LogP contribution in [0.2, 0.25) is 0 Å². The fraction of sp³-hybridized carbons (Fsp3) is 0.500. The Morgan fingerprint density at radius 3 is 2.57 bits per heavy atom. The maximum atomic E-state index is 11.4. The van der Waals surface area contributed by atoms with Crippen LogP contribution in [0.1, 0.15) is 37.0 Å². The number of methoxy groups -OCH3 is 1. The molecule has 0 unspecified atom stereocenters. The van der Waals surface area contributed by atoms with Gasteiger partial charge >= 0.3 is 12.1 Å². The van der Waals surface area contributed by atoms with Gasteiger partial charge in [-0.3, -0.25) is 0 Å². The van der Waals surface area contributed by atoms with Crippen molar-refractivity contribution < 1.29 is 19.1 Å². The molecule has 3 N–H and O–H groups in total. The predicted molar refractivity (Wildman–Crippen MR) is 87.2 cm³/mol. The molecule has 0 bridgehead atoms. The minimum absolute atomic E-state index is 0.385. The summed E-state index contributed by atoms with van der Waals surface area (Å²) in [5.41, 5.74) is 0.834. The van der Waals surface area contributed by atoms with Gasteiger partial charge in [-0.2, -0.15) is 0 Å². The van der Waals surface area contributed by atoms with Crippen LogP contribution in [-0.2, 0) is 16.0 Å². The molecule has 0 saturated heterocycles. The Morgan fingerprint density at radius 2 is 1.91 bits per heavy atom. The van der Waals surface area contributed by atoms with Gasteiger partial charge in [0.1, 0.15) is 11.3 Å². The molecular formula is C16H25N3O4. The molecule has 7 nitrogen and oxygen atoms in total. The molecule has 1 heterocycles. The SMILES string of the molecule is COC(=O)c1ccc(CNC/C=C/CNC(=O)OC(C)(C)C)[nH]1. The summed E-state index contributed by atoms with van der Waals surface area (Å²) >= 11 is 0. The summed E-state index contributed by atoms with van der Waals surface area (Å²) in [6.07, 6.45) is 3.31. The topological polar surface area (TPSA) is 92.5 Å². The van der Waals surface area contributed by atoms with E-state index in [1.165, 1.54) is 7.11 Å². The first-order chi connectivity index (χ1) is 10.8. The highest BCUT2D eigenvalue weighted by Gasteiger charge is 2.14. The van der Waals surface area contributed by atoms with E-state index in [4.69, 9.17) is 4.74 Å². The zero-order valence-electron chi connectivity index (χ0n) is 14.1. The van der Waals surface area contributed by atoms with Gasteiger partial charge in [-0.15, -0.1) is 0 Å². The van der Waals surface area contributed by atoms with Crippen molar-refractivity contribution in [2.24, 2.45) is 0 Å². The summed E-state index contributed by atoms with van der Waals surface area (Å²) < 4.78 is 9.74. The summed E-state index contributed by atoms with van der Waals surface area (Å²) in [7, 11) is 1.34. The van der Waals surface area contributed by atoms with Crippen molar-refractivity contribution in [1.82, 2.24) is 15.6 Å². The number of nitrogens with one attached hydrogen (secondary N) is 3. The van der Waals surface area contributed by atoms with Crippen molar-refractivity contribution in [3.05, 3.63) is 35.7 Å². The third kappa shape index (κ3) is 8.06. The summed E-state index contributed by atoms with van der Waals surface area (Å²) in [6, 6.07) is 3.51. The van der Waals surface area contributed by atoms with Gasteiger partial charge in [0.15, 0.2) is 0 Å². The number of esters is 1. The highest BCUT2D eigenvalue weighted by Crippen LogP contribution is 2.06. The van der Waals surface area contributed by atoms with Crippen molar-refractivity contribution in [3.63, 3.8) is 0 Å². The first-order valence-electron chi connectivity index (χ1n) is 7.40. The molecule has 128 valence electrons. The molecule has 1 aromatic heterocycles. The van der Waals surface area contributed by atoms with Crippen molar-refractivity contribution in [3.8, 4) is 0 Å². The lowest BCUT2D eigenvalue weighted by Gasteiger charge is -2.19. The Balaban J connectivity index is 2.16. The van der Waals surface area contributed by atoms with Crippen molar-refractivity contribution in [2.75, 3.05) is 20.2 Å². The van der Waals surface area contributed by atoms with E-state index in [2.05, 4.69) is 20.4 Å². The fourth-order valence-electron chi connectivity index (χ4n) is 1.69. The van der Waals surface area contributed by atoms with Crippen molar-refractivity contribution in [2.45, 2.75) is 32.9 Å². The van der Waals surface area contributed by atoms with Gasteiger partial charge in [-0.05, 0) is 32.9 Å². The van der Waals surface area contributed by atoms with E-state index >= 15 is 0 Å². The molecule has 23 heavy (non-hydrogen) atoms. The maximum Gasteiger partial charge on any atom is 0.407 e.